The third-order valence-corrected chi connectivity index (χ3v) is 2.99. The van der Waals surface area contributed by atoms with Crippen LogP contribution in [-0.4, -0.2) is 30.4 Å². The molecule has 0 aliphatic carbocycles. The van der Waals surface area contributed by atoms with Gasteiger partial charge in [-0.2, -0.15) is 0 Å². The molecule has 0 aliphatic heterocycles. The number of hydrogen-bond donors (Lipinski definition) is 2. The number of benzene rings is 1. The lowest BCUT2D eigenvalue weighted by molar-refractivity contribution is 0.261. The Morgan fingerprint density at radius 3 is 2.46 bits per heavy atom. The van der Waals surface area contributed by atoms with E-state index in [1.807, 2.05) is 0 Å². The van der Waals surface area contributed by atoms with Gasteiger partial charge in [-0.25, -0.2) is 4.79 Å². The molecule has 124 valence electrons. The SMILES string of the molecule is COc1cc(NC(=O)Nc2nnc(-c3ccco3)o2)cc(OC)c1. The van der Waals surface area contributed by atoms with Gasteiger partial charge in [-0.15, -0.1) is 5.10 Å². The Labute approximate surface area is 136 Å². The third kappa shape index (κ3) is 3.46. The Bertz CT molecular complexity index is 806. The summed E-state index contributed by atoms with van der Waals surface area (Å²) >= 11 is 0. The van der Waals surface area contributed by atoms with Crippen LogP contribution in [-0.2, 0) is 0 Å². The number of anilines is 2. The number of nitrogens with zero attached hydrogens (tertiary/aromatic N) is 2. The van der Waals surface area contributed by atoms with Gasteiger partial charge in [0.2, 0.25) is 0 Å². The molecule has 0 atom stereocenters. The van der Waals surface area contributed by atoms with Crippen LogP contribution in [0.15, 0.2) is 45.4 Å². The molecule has 24 heavy (non-hydrogen) atoms. The Morgan fingerprint density at radius 1 is 1.08 bits per heavy atom. The molecule has 0 spiro atoms. The highest BCUT2D eigenvalue weighted by Gasteiger charge is 2.13. The molecule has 0 saturated carbocycles. The fraction of sp³-hybridized carbons (Fsp3) is 0.133. The van der Waals surface area contributed by atoms with E-state index in [4.69, 9.17) is 18.3 Å². The minimum absolute atomic E-state index is 0.0613. The van der Waals surface area contributed by atoms with Crippen molar-refractivity contribution in [1.82, 2.24) is 10.2 Å². The Balaban J connectivity index is 1.68. The monoisotopic (exact) mass is 330 g/mol. The first-order valence-electron chi connectivity index (χ1n) is 6.86. The van der Waals surface area contributed by atoms with Crippen LogP contribution in [0.25, 0.3) is 11.7 Å². The van der Waals surface area contributed by atoms with E-state index in [9.17, 15) is 4.79 Å². The number of hydrogen-bond acceptors (Lipinski definition) is 7. The molecule has 0 bridgehead atoms. The molecule has 9 heteroatoms. The van der Waals surface area contributed by atoms with Crippen molar-refractivity contribution in [3.63, 3.8) is 0 Å². The smallest absolute Gasteiger partial charge is 0.327 e. The molecule has 0 aliphatic rings. The van der Waals surface area contributed by atoms with Crippen molar-refractivity contribution in [2.75, 3.05) is 24.9 Å². The summed E-state index contributed by atoms with van der Waals surface area (Å²) < 4.78 is 20.7. The van der Waals surface area contributed by atoms with Crippen LogP contribution in [0.5, 0.6) is 11.5 Å². The summed E-state index contributed by atoms with van der Waals surface area (Å²) in [5.74, 6) is 1.66. The van der Waals surface area contributed by atoms with Gasteiger partial charge in [0.05, 0.1) is 20.5 Å². The molecule has 2 amide bonds. The van der Waals surface area contributed by atoms with Crippen molar-refractivity contribution in [1.29, 1.82) is 0 Å². The molecule has 2 aromatic heterocycles. The Morgan fingerprint density at radius 2 is 1.83 bits per heavy atom. The summed E-state index contributed by atoms with van der Waals surface area (Å²) in [4.78, 5) is 12.0. The largest absolute Gasteiger partial charge is 0.497 e. The minimum atomic E-state index is -0.556. The molecule has 0 saturated heterocycles. The first-order valence-corrected chi connectivity index (χ1v) is 6.86. The molecule has 3 rings (SSSR count). The number of carbonyl (C=O) groups excluding carboxylic acids is 1. The van der Waals surface area contributed by atoms with Crippen LogP contribution in [0.2, 0.25) is 0 Å². The Hall–Kier alpha value is -3.49. The molecule has 0 unspecified atom stereocenters. The van der Waals surface area contributed by atoms with Gasteiger partial charge < -0.3 is 23.6 Å². The molecule has 2 heterocycles. The maximum absolute atomic E-state index is 12.0. The van der Waals surface area contributed by atoms with Gasteiger partial charge in [-0.3, -0.25) is 5.32 Å². The predicted molar refractivity (Wildman–Crippen MR) is 84.2 cm³/mol. The fourth-order valence-electron chi connectivity index (χ4n) is 1.91. The molecule has 1 aromatic carbocycles. The summed E-state index contributed by atoms with van der Waals surface area (Å²) in [6, 6.07) is 7.72. The molecule has 2 N–H and O–H groups in total. The normalized spacial score (nSPS) is 10.2. The number of ether oxygens (including phenoxy) is 2. The summed E-state index contributed by atoms with van der Waals surface area (Å²) in [6.07, 6.45) is 1.48. The first kappa shape index (κ1) is 15.4. The number of furan rings is 1. The number of amides is 2. The van der Waals surface area contributed by atoms with Gasteiger partial charge >= 0.3 is 12.0 Å². The van der Waals surface area contributed by atoms with Crippen molar-refractivity contribution in [2.24, 2.45) is 0 Å². The van der Waals surface area contributed by atoms with E-state index in [1.54, 1.807) is 30.3 Å². The average molecular weight is 330 g/mol. The highest BCUT2D eigenvalue weighted by molar-refractivity contribution is 5.98. The average Bonchev–Trinajstić information content (AvgIpc) is 3.25. The van der Waals surface area contributed by atoms with Gasteiger partial charge in [0.15, 0.2) is 5.76 Å². The van der Waals surface area contributed by atoms with Crippen molar-refractivity contribution in [3.8, 4) is 23.1 Å². The van der Waals surface area contributed by atoms with Crippen LogP contribution in [0.1, 0.15) is 0 Å². The quantitative estimate of drug-likeness (QED) is 0.739. The van der Waals surface area contributed by atoms with Gasteiger partial charge in [-0.05, 0) is 12.1 Å². The molecule has 0 radical (unpaired) electrons. The number of aromatic nitrogens is 2. The number of urea groups is 1. The van der Waals surface area contributed by atoms with Crippen LogP contribution < -0.4 is 20.1 Å². The topological polar surface area (TPSA) is 112 Å². The van der Waals surface area contributed by atoms with Gasteiger partial charge in [0.1, 0.15) is 11.5 Å². The zero-order chi connectivity index (χ0) is 16.9. The Kier molecular flexibility index (Phi) is 4.32. The van der Waals surface area contributed by atoms with Crippen molar-refractivity contribution < 1.29 is 23.1 Å². The summed E-state index contributed by atoms with van der Waals surface area (Å²) in [7, 11) is 3.04. The van der Waals surface area contributed by atoms with Crippen LogP contribution in [0.4, 0.5) is 16.5 Å². The van der Waals surface area contributed by atoms with Crippen molar-refractivity contribution in [3.05, 3.63) is 36.6 Å². The summed E-state index contributed by atoms with van der Waals surface area (Å²) in [5.41, 5.74) is 0.481. The lowest BCUT2D eigenvalue weighted by Crippen LogP contribution is -2.19. The highest BCUT2D eigenvalue weighted by atomic mass is 16.5. The molecule has 9 nitrogen and oxygen atoms in total. The van der Waals surface area contributed by atoms with Crippen LogP contribution in [0.3, 0.4) is 0 Å². The number of nitrogens with one attached hydrogen (secondary N) is 2. The number of rotatable bonds is 5. The third-order valence-electron chi connectivity index (χ3n) is 2.99. The maximum atomic E-state index is 12.0. The fourth-order valence-corrected chi connectivity index (χ4v) is 1.91. The number of methoxy groups -OCH3 is 2. The van der Waals surface area contributed by atoms with E-state index in [-0.39, 0.29) is 11.9 Å². The van der Waals surface area contributed by atoms with Crippen molar-refractivity contribution >= 4 is 17.7 Å². The maximum Gasteiger partial charge on any atom is 0.327 e. The van der Waals surface area contributed by atoms with E-state index in [0.717, 1.165) is 0 Å². The number of carbonyl (C=O) groups is 1. The van der Waals surface area contributed by atoms with E-state index >= 15 is 0 Å². The molecular formula is C15H14N4O5. The van der Waals surface area contributed by atoms with Gasteiger partial charge in [-0.1, -0.05) is 5.10 Å². The second-order valence-corrected chi connectivity index (χ2v) is 4.57. The molecular weight excluding hydrogens is 316 g/mol. The summed E-state index contributed by atoms with van der Waals surface area (Å²) in [5, 5.41) is 12.6. The minimum Gasteiger partial charge on any atom is -0.497 e. The summed E-state index contributed by atoms with van der Waals surface area (Å²) in [6.45, 7) is 0. The predicted octanol–water partition coefficient (Wildman–Crippen LogP) is 2.99. The lowest BCUT2D eigenvalue weighted by atomic mass is 10.3. The molecule has 3 aromatic rings. The van der Waals surface area contributed by atoms with Crippen LogP contribution >= 0.6 is 0 Å². The van der Waals surface area contributed by atoms with E-state index in [1.165, 1.54) is 20.5 Å². The standard InChI is InChI=1S/C15H14N4O5/c1-21-10-6-9(7-11(8-10)22-2)16-14(20)17-15-19-18-13(24-15)12-4-3-5-23-12/h3-8H,1-2H3,(H2,16,17,19,20). The first-order chi connectivity index (χ1) is 11.7. The van der Waals surface area contributed by atoms with E-state index in [2.05, 4.69) is 20.8 Å². The molecule has 0 fully saturated rings. The zero-order valence-corrected chi connectivity index (χ0v) is 12.9. The highest BCUT2D eigenvalue weighted by Crippen LogP contribution is 2.26. The van der Waals surface area contributed by atoms with Gasteiger partial charge in [0, 0.05) is 23.9 Å². The van der Waals surface area contributed by atoms with Gasteiger partial charge in [0.25, 0.3) is 5.89 Å². The second-order valence-electron chi connectivity index (χ2n) is 4.57. The van der Waals surface area contributed by atoms with Crippen molar-refractivity contribution in [2.45, 2.75) is 0 Å². The zero-order valence-electron chi connectivity index (χ0n) is 12.9. The van der Waals surface area contributed by atoms with Crippen LogP contribution in [0, 0.1) is 0 Å². The second kappa shape index (κ2) is 6.73. The lowest BCUT2D eigenvalue weighted by Gasteiger charge is -2.09. The van der Waals surface area contributed by atoms with E-state index in [0.29, 0.717) is 22.9 Å². The van der Waals surface area contributed by atoms with E-state index < -0.39 is 6.03 Å².